The summed E-state index contributed by atoms with van der Waals surface area (Å²) in [5.74, 6) is 2.28. The summed E-state index contributed by atoms with van der Waals surface area (Å²) in [7, 11) is 0. The number of rotatable bonds is 2. The zero-order valence-electron chi connectivity index (χ0n) is 8.29. The van der Waals surface area contributed by atoms with E-state index in [9.17, 15) is 4.79 Å². The summed E-state index contributed by atoms with van der Waals surface area (Å²) >= 11 is 0. The molecule has 2 aliphatic rings. The quantitative estimate of drug-likeness (QED) is 0.771. The fourth-order valence-electron chi connectivity index (χ4n) is 2.78. The Morgan fingerprint density at radius 1 is 1.50 bits per heavy atom. The highest BCUT2D eigenvalue weighted by Crippen LogP contribution is 2.61. The van der Waals surface area contributed by atoms with E-state index in [1.807, 2.05) is 0 Å². The van der Waals surface area contributed by atoms with Gasteiger partial charge >= 0.3 is 0 Å². The highest BCUT2D eigenvalue weighted by molar-refractivity contribution is 5.83. The van der Waals surface area contributed by atoms with E-state index in [0.29, 0.717) is 23.5 Å². The molecular weight excluding hydrogens is 176 g/mol. The Hall–Kier alpha value is -1.12. The minimum Gasteiger partial charge on any atom is -0.300 e. The highest BCUT2D eigenvalue weighted by Gasteiger charge is 2.57. The minimum atomic E-state index is 0.447. The summed E-state index contributed by atoms with van der Waals surface area (Å²) in [5.41, 5.74) is 2.39. The lowest BCUT2D eigenvalue weighted by Gasteiger charge is -1.96. The molecule has 2 saturated carbocycles. The molecule has 2 fully saturated rings. The van der Waals surface area contributed by atoms with E-state index < -0.39 is 0 Å². The van der Waals surface area contributed by atoms with Gasteiger partial charge in [0.2, 0.25) is 0 Å². The molecule has 3 nitrogen and oxygen atoms in total. The number of Topliss-reactive ketones (excluding diaryl/α,β-unsaturated/α-hetero) is 1. The lowest BCUT2D eigenvalue weighted by Crippen LogP contribution is -1.97. The van der Waals surface area contributed by atoms with Crippen LogP contribution in [0.1, 0.15) is 37.1 Å². The number of hydrogen-bond acceptors (Lipinski definition) is 2. The summed E-state index contributed by atoms with van der Waals surface area (Å²) < 4.78 is 0. The van der Waals surface area contributed by atoms with Crippen molar-refractivity contribution in [3.8, 4) is 0 Å². The molecule has 2 atom stereocenters. The zero-order chi connectivity index (χ0) is 9.71. The second-order valence-corrected chi connectivity index (χ2v) is 4.47. The molecule has 0 spiro atoms. The third-order valence-corrected chi connectivity index (χ3v) is 3.63. The average Bonchev–Trinajstić information content (AvgIpc) is 2.62. The van der Waals surface area contributed by atoms with Crippen LogP contribution in [-0.4, -0.2) is 16.0 Å². The molecule has 2 unspecified atom stereocenters. The van der Waals surface area contributed by atoms with Crippen LogP contribution in [0.5, 0.6) is 0 Å². The lowest BCUT2D eigenvalue weighted by molar-refractivity contribution is -0.118. The van der Waals surface area contributed by atoms with Crippen molar-refractivity contribution in [2.75, 3.05) is 0 Å². The Morgan fingerprint density at radius 2 is 2.21 bits per heavy atom. The van der Waals surface area contributed by atoms with E-state index in [-0.39, 0.29) is 0 Å². The predicted molar refractivity (Wildman–Crippen MR) is 51.9 cm³/mol. The second-order valence-electron chi connectivity index (χ2n) is 4.47. The molecule has 0 aromatic carbocycles. The van der Waals surface area contributed by atoms with Gasteiger partial charge in [0.05, 0.1) is 5.69 Å². The van der Waals surface area contributed by atoms with Gasteiger partial charge in [-0.05, 0) is 24.3 Å². The van der Waals surface area contributed by atoms with E-state index in [2.05, 4.69) is 23.2 Å². The van der Waals surface area contributed by atoms with E-state index in [4.69, 9.17) is 0 Å². The molecule has 1 heterocycles. The Kier molecular flexibility index (Phi) is 1.58. The topological polar surface area (TPSA) is 45.8 Å². The van der Waals surface area contributed by atoms with Gasteiger partial charge in [0, 0.05) is 24.5 Å². The summed E-state index contributed by atoms with van der Waals surface area (Å²) in [6.45, 7) is 2.12. The molecule has 1 aromatic heterocycles. The maximum atomic E-state index is 11.1. The Labute approximate surface area is 82.9 Å². The molecule has 74 valence electrons. The lowest BCUT2D eigenvalue weighted by atomic mass is 10.1. The first-order valence-electron chi connectivity index (χ1n) is 5.35. The molecule has 14 heavy (non-hydrogen) atoms. The van der Waals surface area contributed by atoms with Gasteiger partial charge < -0.3 is 0 Å². The van der Waals surface area contributed by atoms with Crippen LogP contribution in [-0.2, 0) is 11.2 Å². The SMILES string of the molecule is CCc1cc(C2C3CC(=O)CC32)n[nH]1. The first kappa shape index (κ1) is 8.21. The van der Waals surface area contributed by atoms with Crippen LogP contribution in [0.25, 0.3) is 0 Å². The number of ketones is 1. The van der Waals surface area contributed by atoms with Gasteiger partial charge in [-0.15, -0.1) is 0 Å². The summed E-state index contributed by atoms with van der Waals surface area (Å²) in [4.78, 5) is 11.1. The molecule has 0 aliphatic heterocycles. The average molecular weight is 190 g/mol. The molecule has 0 saturated heterocycles. The summed E-state index contributed by atoms with van der Waals surface area (Å²) in [5, 5.41) is 7.36. The van der Waals surface area contributed by atoms with Crippen LogP contribution in [0, 0.1) is 11.8 Å². The van der Waals surface area contributed by atoms with Gasteiger partial charge in [0.15, 0.2) is 0 Å². The zero-order valence-corrected chi connectivity index (χ0v) is 8.29. The van der Waals surface area contributed by atoms with Gasteiger partial charge in [-0.1, -0.05) is 6.92 Å². The maximum absolute atomic E-state index is 11.1. The Morgan fingerprint density at radius 3 is 2.79 bits per heavy atom. The number of aromatic amines is 1. The second kappa shape index (κ2) is 2.69. The van der Waals surface area contributed by atoms with Crippen LogP contribution >= 0.6 is 0 Å². The van der Waals surface area contributed by atoms with Gasteiger partial charge in [-0.2, -0.15) is 5.10 Å². The number of carbonyl (C=O) groups is 1. The van der Waals surface area contributed by atoms with Crippen molar-refractivity contribution >= 4 is 5.78 Å². The largest absolute Gasteiger partial charge is 0.300 e. The summed E-state index contributed by atoms with van der Waals surface area (Å²) in [6, 6.07) is 2.16. The van der Waals surface area contributed by atoms with Gasteiger partial charge in [-0.25, -0.2) is 0 Å². The monoisotopic (exact) mass is 190 g/mol. The molecule has 0 amide bonds. The van der Waals surface area contributed by atoms with Crippen LogP contribution in [0.4, 0.5) is 0 Å². The molecule has 2 aliphatic carbocycles. The highest BCUT2D eigenvalue weighted by atomic mass is 16.1. The third-order valence-electron chi connectivity index (χ3n) is 3.63. The number of nitrogens with one attached hydrogen (secondary N) is 1. The van der Waals surface area contributed by atoms with E-state index in [1.165, 1.54) is 11.4 Å². The van der Waals surface area contributed by atoms with Gasteiger partial charge in [0.25, 0.3) is 0 Å². The van der Waals surface area contributed by atoms with Gasteiger partial charge in [-0.3, -0.25) is 9.89 Å². The van der Waals surface area contributed by atoms with Gasteiger partial charge in [0.1, 0.15) is 5.78 Å². The number of nitrogens with zero attached hydrogens (tertiary/aromatic N) is 1. The van der Waals surface area contributed by atoms with Crippen molar-refractivity contribution in [1.82, 2.24) is 10.2 Å². The van der Waals surface area contributed by atoms with Crippen molar-refractivity contribution in [1.29, 1.82) is 0 Å². The molecule has 3 heteroatoms. The minimum absolute atomic E-state index is 0.447. The van der Waals surface area contributed by atoms with Crippen LogP contribution in [0.2, 0.25) is 0 Å². The smallest absolute Gasteiger partial charge is 0.133 e. The molecule has 0 bridgehead atoms. The number of carbonyl (C=O) groups excluding carboxylic acids is 1. The van der Waals surface area contributed by atoms with Crippen LogP contribution in [0.15, 0.2) is 6.07 Å². The molecule has 3 rings (SSSR count). The van der Waals surface area contributed by atoms with Crippen LogP contribution < -0.4 is 0 Å². The number of hydrogen-bond donors (Lipinski definition) is 1. The number of fused-ring (bicyclic) bond motifs is 1. The van der Waals surface area contributed by atoms with Crippen molar-refractivity contribution in [2.45, 2.75) is 32.1 Å². The number of aryl methyl sites for hydroxylation is 1. The molecule has 1 aromatic rings. The van der Waals surface area contributed by atoms with E-state index >= 15 is 0 Å². The molecule has 1 N–H and O–H groups in total. The maximum Gasteiger partial charge on any atom is 0.133 e. The first-order valence-corrected chi connectivity index (χ1v) is 5.35. The number of H-pyrrole nitrogens is 1. The Bertz CT molecular complexity index is 368. The van der Waals surface area contributed by atoms with E-state index in [0.717, 1.165) is 19.3 Å². The number of aromatic nitrogens is 2. The van der Waals surface area contributed by atoms with E-state index in [1.54, 1.807) is 0 Å². The summed E-state index contributed by atoms with van der Waals surface area (Å²) in [6.07, 6.45) is 2.60. The van der Waals surface area contributed by atoms with Crippen molar-refractivity contribution in [3.63, 3.8) is 0 Å². The van der Waals surface area contributed by atoms with Crippen molar-refractivity contribution in [3.05, 3.63) is 17.5 Å². The fraction of sp³-hybridized carbons (Fsp3) is 0.636. The van der Waals surface area contributed by atoms with Crippen molar-refractivity contribution < 1.29 is 4.79 Å². The fourth-order valence-corrected chi connectivity index (χ4v) is 2.78. The van der Waals surface area contributed by atoms with Crippen molar-refractivity contribution in [2.24, 2.45) is 11.8 Å². The molecule has 0 radical (unpaired) electrons. The third kappa shape index (κ3) is 1.04. The molecular formula is C11H14N2O. The Balaban J connectivity index is 1.77. The predicted octanol–water partition coefficient (Wildman–Crippen LogP) is 1.66. The van der Waals surface area contributed by atoms with Crippen LogP contribution in [0.3, 0.4) is 0 Å². The first-order chi connectivity index (χ1) is 6.79. The standard InChI is InChI=1S/C11H14N2O/c1-2-6-3-10(13-12-6)11-8-4-7(14)5-9(8)11/h3,8-9,11H,2,4-5H2,1H3,(H,12,13). The normalized spacial score (nSPS) is 34.6.